The van der Waals surface area contributed by atoms with Gasteiger partial charge in [0.25, 0.3) is 0 Å². The fourth-order valence-electron chi connectivity index (χ4n) is 2.23. The fourth-order valence-corrected chi connectivity index (χ4v) is 2.23. The van der Waals surface area contributed by atoms with E-state index in [1.807, 2.05) is 30.3 Å². The van der Waals surface area contributed by atoms with E-state index in [0.29, 0.717) is 24.6 Å². The number of nitrogen functional groups attached to an aromatic ring is 1. The van der Waals surface area contributed by atoms with Gasteiger partial charge in [-0.05, 0) is 35.4 Å². The largest absolute Gasteiger partial charge is 0.493 e. The van der Waals surface area contributed by atoms with Gasteiger partial charge >= 0.3 is 0 Å². The Morgan fingerprint density at radius 1 is 1.09 bits per heavy atom. The van der Waals surface area contributed by atoms with E-state index in [-0.39, 0.29) is 0 Å². The lowest BCUT2D eigenvalue weighted by Crippen LogP contribution is -2.21. The van der Waals surface area contributed by atoms with E-state index in [4.69, 9.17) is 15.2 Å². The second kappa shape index (κ2) is 7.68. The van der Waals surface area contributed by atoms with Crippen LogP contribution in [0.1, 0.15) is 17.2 Å². The van der Waals surface area contributed by atoms with E-state index in [0.717, 1.165) is 16.8 Å². The van der Waals surface area contributed by atoms with Crippen molar-refractivity contribution < 1.29 is 14.6 Å². The first-order valence-corrected chi connectivity index (χ1v) is 7.09. The Kier molecular flexibility index (Phi) is 5.63. The third kappa shape index (κ3) is 4.13. The van der Waals surface area contributed by atoms with Gasteiger partial charge in [-0.1, -0.05) is 18.2 Å². The highest BCUT2D eigenvalue weighted by Gasteiger charge is 2.11. The summed E-state index contributed by atoms with van der Waals surface area (Å²) in [6.07, 6.45) is -0.624. The number of rotatable bonds is 7. The van der Waals surface area contributed by atoms with Crippen LogP contribution in [0, 0.1) is 0 Å². The summed E-state index contributed by atoms with van der Waals surface area (Å²) in [6, 6.07) is 13.1. The minimum Gasteiger partial charge on any atom is -0.493 e. The van der Waals surface area contributed by atoms with Crippen molar-refractivity contribution in [2.24, 2.45) is 0 Å². The average Bonchev–Trinajstić information content (AvgIpc) is 2.54. The number of nitrogens with two attached hydrogens (primary N) is 1. The van der Waals surface area contributed by atoms with Gasteiger partial charge in [0.05, 0.1) is 20.3 Å². The molecule has 118 valence electrons. The smallest absolute Gasteiger partial charge is 0.161 e. The minimum atomic E-state index is -0.624. The molecule has 1 atom stereocenters. The van der Waals surface area contributed by atoms with Crippen LogP contribution < -0.4 is 20.5 Å². The first-order valence-electron chi connectivity index (χ1n) is 7.09. The number of benzene rings is 2. The molecule has 5 nitrogen and oxygen atoms in total. The van der Waals surface area contributed by atoms with Gasteiger partial charge in [-0.15, -0.1) is 0 Å². The molecule has 2 rings (SSSR count). The van der Waals surface area contributed by atoms with Crippen molar-refractivity contribution >= 4 is 5.69 Å². The van der Waals surface area contributed by atoms with Crippen molar-refractivity contribution in [3.05, 3.63) is 53.6 Å². The maximum atomic E-state index is 10.3. The molecule has 0 radical (unpaired) electrons. The zero-order chi connectivity index (χ0) is 15.9. The quantitative estimate of drug-likeness (QED) is 0.683. The molecule has 0 saturated heterocycles. The molecule has 0 aliphatic heterocycles. The van der Waals surface area contributed by atoms with E-state index < -0.39 is 6.10 Å². The molecule has 2 aromatic carbocycles. The molecule has 22 heavy (non-hydrogen) atoms. The average molecular weight is 302 g/mol. The zero-order valence-corrected chi connectivity index (χ0v) is 12.9. The van der Waals surface area contributed by atoms with Crippen LogP contribution in [0.25, 0.3) is 0 Å². The standard InChI is InChI=1S/C17H22N2O3/c1-21-16-7-6-13(9-17(16)22-2)15(20)11-19-10-12-4-3-5-14(18)8-12/h3-9,15,19-20H,10-11,18H2,1-2H3. The van der Waals surface area contributed by atoms with Crippen LogP contribution in [0.2, 0.25) is 0 Å². The van der Waals surface area contributed by atoms with Gasteiger partial charge in [0.15, 0.2) is 11.5 Å². The molecule has 0 bridgehead atoms. The van der Waals surface area contributed by atoms with Crippen molar-refractivity contribution in [1.82, 2.24) is 5.32 Å². The second-order valence-corrected chi connectivity index (χ2v) is 5.01. The maximum Gasteiger partial charge on any atom is 0.161 e. The van der Waals surface area contributed by atoms with Crippen molar-refractivity contribution in [3.63, 3.8) is 0 Å². The predicted octanol–water partition coefficient (Wildman–Crippen LogP) is 2.11. The van der Waals surface area contributed by atoms with E-state index in [1.165, 1.54) is 0 Å². The molecule has 0 aliphatic carbocycles. The number of hydrogen-bond donors (Lipinski definition) is 3. The first kappa shape index (κ1) is 16.1. The van der Waals surface area contributed by atoms with Crippen LogP contribution in [0.15, 0.2) is 42.5 Å². The van der Waals surface area contributed by atoms with Crippen LogP contribution in [0.5, 0.6) is 11.5 Å². The van der Waals surface area contributed by atoms with E-state index >= 15 is 0 Å². The molecule has 0 spiro atoms. The number of hydrogen-bond acceptors (Lipinski definition) is 5. The molecule has 5 heteroatoms. The molecule has 0 aliphatic rings. The second-order valence-electron chi connectivity index (χ2n) is 5.01. The van der Waals surface area contributed by atoms with E-state index in [9.17, 15) is 5.11 Å². The lowest BCUT2D eigenvalue weighted by molar-refractivity contribution is 0.174. The fraction of sp³-hybridized carbons (Fsp3) is 0.294. The lowest BCUT2D eigenvalue weighted by Gasteiger charge is -2.15. The SMILES string of the molecule is COc1ccc(C(O)CNCc2cccc(N)c2)cc1OC. The van der Waals surface area contributed by atoms with Gasteiger partial charge in [0, 0.05) is 18.8 Å². The van der Waals surface area contributed by atoms with Gasteiger partial charge in [-0.3, -0.25) is 0 Å². The zero-order valence-electron chi connectivity index (χ0n) is 12.9. The van der Waals surface area contributed by atoms with Crippen molar-refractivity contribution in [1.29, 1.82) is 0 Å². The molecule has 4 N–H and O–H groups in total. The molecule has 0 fully saturated rings. The number of aliphatic hydroxyl groups excluding tert-OH is 1. The van der Waals surface area contributed by atoms with Gasteiger partial charge < -0.3 is 25.6 Å². The van der Waals surface area contributed by atoms with Gasteiger partial charge in [0.2, 0.25) is 0 Å². The Labute approximate surface area is 130 Å². The lowest BCUT2D eigenvalue weighted by atomic mass is 10.1. The number of ether oxygens (including phenoxy) is 2. The molecular formula is C17H22N2O3. The van der Waals surface area contributed by atoms with Crippen molar-refractivity contribution in [3.8, 4) is 11.5 Å². The predicted molar refractivity (Wildman–Crippen MR) is 87.1 cm³/mol. The Morgan fingerprint density at radius 3 is 2.55 bits per heavy atom. The Balaban J connectivity index is 1.93. The summed E-state index contributed by atoms with van der Waals surface area (Å²) in [7, 11) is 3.16. The summed E-state index contributed by atoms with van der Waals surface area (Å²) in [4.78, 5) is 0. The molecule has 0 saturated carbocycles. The number of nitrogens with one attached hydrogen (secondary N) is 1. The highest BCUT2D eigenvalue weighted by Crippen LogP contribution is 2.29. The molecule has 0 amide bonds. The topological polar surface area (TPSA) is 76.7 Å². The van der Waals surface area contributed by atoms with Crippen LogP contribution in [-0.4, -0.2) is 25.9 Å². The summed E-state index contributed by atoms with van der Waals surface area (Å²) < 4.78 is 10.4. The van der Waals surface area contributed by atoms with Gasteiger partial charge in [-0.25, -0.2) is 0 Å². The van der Waals surface area contributed by atoms with E-state index in [2.05, 4.69) is 5.32 Å². The number of anilines is 1. The van der Waals surface area contributed by atoms with Gasteiger partial charge in [0.1, 0.15) is 0 Å². The maximum absolute atomic E-state index is 10.3. The first-order chi connectivity index (χ1) is 10.6. The third-order valence-corrected chi connectivity index (χ3v) is 3.41. The van der Waals surface area contributed by atoms with Crippen molar-refractivity contribution in [2.75, 3.05) is 26.5 Å². The highest BCUT2D eigenvalue weighted by molar-refractivity contribution is 5.43. The monoisotopic (exact) mass is 302 g/mol. The normalized spacial score (nSPS) is 12.0. The number of aliphatic hydroxyl groups is 1. The van der Waals surface area contributed by atoms with Crippen LogP contribution in [0.4, 0.5) is 5.69 Å². The van der Waals surface area contributed by atoms with Crippen molar-refractivity contribution in [2.45, 2.75) is 12.6 Å². The Morgan fingerprint density at radius 2 is 1.86 bits per heavy atom. The van der Waals surface area contributed by atoms with Crippen LogP contribution >= 0.6 is 0 Å². The highest BCUT2D eigenvalue weighted by atomic mass is 16.5. The number of methoxy groups -OCH3 is 2. The molecule has 0 aromatic heterocycles. The Bertz CT molecular complexity index is 617. The van der Waals surface area contributed by atoms with Gasteiger partial charge in [-0.2, -0.15) is 0 Å². The van der Waals surface area contributed by atoms with E-state index in [1.54, 1.807) is 26.4 Å². The minimum absolute atomic E-state index is 0.435. The summed E-state index contributed by atoms with van der Waals surface area (Å²) in [6.45, 7) is 1.08. The molecule has 2 aromatic rings. The summed E-state index contributed by atoms with van der Waals surface area (Å²) >= 11 is 0. The van der Waals surface area contributed by atoms with Crippen LogP contribution in [0.3, 0.4) is 0 Å². The summed E-state index contributed by atoms with van der Waals surface area (Å²) in [5.74, 6) is 1.25. The molecular weight excluding hydrogens is 280 g/mol. The molecule has 0 heterocycles. The summed E-state index contributed by atoms with van der Waals surface area (Å²) in [5.41, 5.74) is 8.33. The summed E-state index contributed by atoms with van der Waals surface area (Å²) in [5, 5.41) is 13.5. The van der Waals surface area contributed by atoms with Crippen LogP contribution in [-0.2, 0) is 6.54 Å². The molecule has 1 unspecified atom stereocenters. The Hall–Kier alpha value is -2.24. The third-order valence-electron chi connectivity index (χ3n) is 3.41.